The molecule has 1 aromatic rings. The van der Waals surface area contributed by atoms with Gasteiger partial charge in [-0.3, -0.25) is 9.69 Å². The molecule has 0 bridgehead atoms. The number of ether oxygens (including phenoxy) is 1. The van der Waals surface area contributed by atoms with E-state index in [0.29, 0.717) is 13.2 Å². The topological polar surface area (TPSA) is 67.6 Å². The minimum atomic E-state index is -0.180. The maximum absolute atomic E-state index is 12.4. The van der Waals surface area contributed by atoms with Crippen LogP contribution in [0.2, 0.25) is 0 Å². The lowest BCUT2D eigenvalue weighted by Crippen LogP contribution is -2.54. The highest BCUT2D eigenvalue weighted by Gasteiger charge is 2.30. The van der Waals surface area contributed by atoms with Crippen molar-refractivity contribution in [3.63, 3.8) is 0 Å². The number of anilines is 1. The molecule has 0 radical (unpaired) electrons. The largest absolute Gasteiger partial charge is 0.376 e. The lowest BCUT2D eigenvalue weighted by atomic mass is 10.1. The summed E-state index contributed by atoms with van der Waals surface area (Å²) in [5.41, 5.74) is 7.43. The van der Waals surface area contributed by atoms with Crippen LogP contribution >= 0.6 is 0 Å². The molecule has 1 heterocycles. The number of hydrogen-bond donors (Lipinski definition) is 2. The van der Waals surface area contributed by atoms with Crippen LogP contribution in [0.3, 0.4) is 0 Å². The van der Waals surface area contributed by atoms with Gasteiger partial charge in [-0.15, -0.1) is 0 Å². The standard InChI is InChI=1S/C16H25N3O2/c1-11-10-21-12(2)9-19(11)13(3)16(20)18-15-6-4-14(8-17)5-7-15/h4-7,11-13H,8-10,17H2,1-3H3,(H,18,20). The summed E-state index contributed by atoms with van der Waals surface area (Å²) in [6, 6.07) is 7.71. The average Bonchev–Trinajstić information content (AvgIpc) is 2.49. The molecule has 3 atom stereocenters. The molecule has 0 aromatic heterocycles. The summed E-state index contributed by atoms with van der Waals surface area (Å²) in [7, 11) is 0. The van der Waals surface area contributed by atoms with Gasteiger partial charge in [0, 0.05) is 24.8 Å². The van der Waals surface area contributed by atoms with Crippen LogP contribution in [0.5, 0.6) is 0 Å². The summed E-state index contributed by atoms with van der Waals surface area (Å²) in [5, 5.41) is 2.96. The zero-order chi connectivity index (χ0) is 15.4. The summed E-state index contributed by atoms with van der Waals surface area (Å²) >= 11 is 0. The second-order valence-electron chi connectivity index (χ2n) is 5.76. The first-order chi connectivity index (χ1) is 10.0. The Morgan fingerprint density at radius 3 is 2.71 bits per heavy atom. The highest BCUT2D eigenvalue weighted by Crippen LogP contribution is 2.16. The normalized spacial score (nSPS) is 24.6. The molecule has 116 valence electrons. The van der Waals surface area contributed by atoms with Crippen molar-refractivity contribution in [3.8, 4) is 0 Å². The van der Waals surface area contributed by atoms with E-state index in [1.165, 1.54) is 0 Å². The number of benzene rings is 1. The molecular weight excluding hydrogens is 266 g/mol. The third kappa shape index (κ3) is 4.03. The molecule has 1 amide bonds. The van der Waals surface area contributed by atoms with E-state index in [9.17, 15) is 4.79 Å². The van der Waals surface area contributed by atoms with Gasteiger partial charge in [0.1, 0.15) is 0 Å². The van der Waals surface area contributed by atoms with Gasteiger partial charge in [0.15, 0.2) is 0 Å². The van der Waals surface area contributed by atoms with Crippen molar-refractivity contribution in [2.75, 3.05) is 18.5 Å². The molecule has 1 aliphatic rings. The number of nitrogens with two attached hydrogens (primary N) is 1. The number of nitrogens with zero attached hydrogens (tertiary/aromatic N) is 1. The summed E-state index contributed by atoms with van der Waals surface area (Å²) in [4.78, 5) is 14.6. The fourth-order valence-electron chi connectivity index (χ4n) is 2.59. The van der Waals surface area contributed by atoms with Crippen molar-refractivity contribution >= 4 is 11.6 Å². The highest BCUT2D eigenvalue weighted by molar-refractivity contribution is 5.94. The fourth-order valence-corrected chi connectivity index (χ4v) is 2.59. The summed E-state index contributed by atoms with van der Waals surface area (Å²) in [5.74, 6) is 0.0106. The predicted octanol–water partition coefficient (Wildman–Crippen LogP) is 1.58. The van der Waals surface area contributed by atoms with Gasteiger partial charge in [0.25, 0.3) is 0 Å². The van der Waals surface area contributed by atoms with Crippen LogP contribution in [0.25, 0.3) is 0 Å². The lowest BCUT2D eigenvalue weighted by molar-refractivity contribution is -0.126. The van der Waals surface area contributed by atoms with Crippen LogP contribution < -0.4 is 11.1 Å². The third-order valence-corrected chi connectivity index (χ3v) is 3.99. The van der Waals surface area contributed by atoms with Crippen LogP contribution in [0.15, 0.2) is 24.3 Å². The number of carbonyl (C=O) groups is 1. The molecule has 1 fully saturated rings. The molecule has 1 aliphatic heterocycles. The van der Waals surface area contributed by atoms with E-state index in [1.54, 1.807) is 0 Å². The van der Waals surface area contributed by atoms with Crippen molar-refractivity contribution < 1.29 is 9.53 Å². The molecule has 21 heavy (non-hydrogen) atoms. The number of hydrogen-bond acceptors (Lipinski definition) is 4. The van der Waals surface area contributed by atoms with Gasteiger partial charge in [-0.25, -0.2) is 0 Å². The zero-order valence-electron chi connectivity index (χ0n) is 13.0. The van der Waals surface area contributed by atoms with Crippen LogP contribution in [0, 0.1) is 0 Å². The van der Waals surface area contributed by atoms with Gasteiger partial charge in [-0.05, 0) is 38.5 Å². The number of carbonyl (C=O) groups excluding carboxylic acids is 1. The van der Waals surface area contributed by atoms with Gasteiger partial charge >= 0.3 is 0 Å². The zero-order valence-corrected chi connectivity index (χ0v) is 13.0. The van der Waals surface area contributed by atoms with Gasteiger partial charge in [-0.1, -0.05) is 12.1 Å². The number of nitrogens with one attached hydrogen (secondary N) is 1. The Balaban J connectivity index is 1.97. The molecule has 0 saturated carbocycles. The SMILES string of the molecule is CC1CN(C(C)C(=O)Nc2ccc(CN)cc2)C(C)CO1. The Kier molecular flexibility index (Phi) is 5.33. The summed E-state index contributed by atoms with van der Waals surface area (Å²) in [6.45, 7) is 8.03. The average molecular weight is 291 g/mol. The van der Waals surface area contributed by atoms with E-state index < -0.39 is 0 Å². The van der Waals surface area contributed by atoms with E-state index in [0.717, 1.165) is 17.8 Å². The molecule has 2 rings (SSSR count). The Hall–Kier alpha value is -1.43. The first kappa shape index (κ1) is 15.9. The first-order valence-corrected chi connectivity index (χ1v) is 7.48. The molecule has 3 N–H and O–H groups in total. The number of amides is 1. The Morgan fingerprint density at radius 2 is 2.10 bits per heavy atom. The van der Waals surface area contributed by atoms with Crippen molar-refractivity contribution in [2.45, 2.75) is 45.5 Å². The van der Waals surface area contributed by atoms with E-state index in [1.807, 2.05) is 38.1 Å². The molecule has 5 nitrogen and oxygen atoms in total. The molecule has 0 spiro atoms. The lowest BCUT2D eigenvalue weighted by Gasteiger charge is -2.39. The van der Waals surface area contributed by atoms with Crippen molar-refractivity contribution in [3.05, 3.63) is 29.8 Å². The fraction of sp³-hybridized carbons (Fsp3) is 0.562. The molecule has 1 saturated heterocycles. The van der Waals surface area contributed by atoms with Crippen LogP contribution in [-0.2, 0) is 16.1 Å². The first-order valence-electron chi connectivity index (χ1n) is 7.48. The van der Waals surface area contributed by atoms with Crippen molar-refractivity contribution in [1.29, 1.82) is 0 Å². The van der Waals surface area contributed by atoms with Gasteiger partial charge in [0.2, 0.25) is 5.91 Å². The Morgan fingerprint density at radius 1 is 1.43 bits per heavy atom. The molecule has 3 unspecified atom stereocenters. The van der Waals surface area contributed by atoms with Crippen LogP contribution in [0.4, 0.5) is 5.69 Å². The van der Waals surface area contributed by atoms with Crippen LogP contribution in [-0.4, -0.2) is 42.1 Å². The second kappa shape index (κ2) is 7.02. The van der Waals surface area contributed by atoms with Crippen LogP contribution in [0.1, 0.15) is 26.3 Å². The second-order valence-corrected chi connectivity index (χ2v) is 5.76. The minimum Gasteiger partial charge on any atom is -0.376 e. The monoisotopic (exact) mass is 291 g/mol. The Labute approximate surface area is 126 Å². The Bertz CT molecular complexity index is 475. The third-order valence-electron chi connectivity index (χ3n) is 3.99. The van der Waals surface area contributed by atoms with Crippen molar-refractivity contribution in [1.82, 2.24) is 4.90 Å². The van der Waals surface area contributed by atoms with Crippen molar-refractivity contribution in [2.24, 2.45) is 5.73 Å². The highest BCUT2D eigenvalue weighted by atomic mass is 16.5. The minimum absolute atomic E-state index is 0.0106. The quantitative estimate of drug-likeness (QED) is 0.884. The summed E-state index contributed by atoms with van der Waals surface area (Å²) in [6.07, 6.45) is 0.167. The van der Waals surface area contributed by atoms with E-state index >= 15 is 0 Å². The van der Waals surface area contributed by atoms with Gasteiger partial charge < -0.3 is 15.8 Å². The molecule has 1 aromatic carbocycles. The molecular formula is C16H25N3O2. The molecule has 5 heteroatoms. The van der Waals surface area contributed by atoms with E-state index in [-0.39, 0.29) is 24.1 Å². The van der Waals surface area contributed by atoms with Gasteiger partial charge in [-0.2, -0.15) is 0 Å². The maximum Gasteiger partial charge on any atom is 0.241 e. The smallest absolute Gasteiger partial charge is 0.241 e. The van der Waals surface area contributed by atoms with E-state index in [4.69, 9.17) is 10.5 Å². The summed E-state index contributed by atoms with van der Waals surface area (Å²) < 4.78 is 5.61. The number of morpholine rings is 1. The van der Waals surface area contributed by atoms with E-state index in [2.05, 4.69) is 17.1 Å². The predicted molar refractivity (Wildman–Crippen MR) is 84.0 cm³/mol. The number of rotatable bonds is 4. The molecule has 0 aliphatic carbocycles. The van der Waals surface area contributed by atoms with Gasteiger partial charge in [0.05, 0.1) is 18.8 Å². The maximum atomic E-state index is 12.4.